The highest BCUT2D eigenvalue weighted by Crippen LogP contribution is 2.40. The van der Waals surface area contributed by atoms with Gasteiger partial charge in [-0.05, 0) is 37.1 Å². The first-order chi connectivity index (χ1) is 12.9. The molecule has 1 N–H and O–H groups in total. The maximum Gasteiger partial charge on any atom is 0.270 e. The van der Waals surface area contributed by atoms with Gasteiger partial charge in [-0.2, -0.15) is 5.10 Å². The first-order valence-corrected chi connectivity index (χ1v) is 9.35. The quantitative estimate of drug-likeness (QED) is 0.819. The molecule has 3 heterocycles. The van der Waals surface area contributed by atoms with Crippen molar-refractivity contribution in [3.05, 3.63) is 28.8 Å². The predicted molar refractivity (Wildman–Crippen MR) is 98.8 cm³/mol. The van der Waals surface area contributed by atoms with E-state index in [4.69, 9.17) is 4.74 Å². The minimum atomic E-state index is -0.537. The summed E-state index contributed by atoms with van der Waals surface area (Å²) in [4.78, 5) is 38.2. The molecule has 27 heavy (non-hydrogen) atoms. The van der Waals surface area contributed by atoms with E-state index in [1.807, 2.05) is 26.0 Å². The molecule has 2 amide bonds. The van der Waals surface area contributed by atoms with Gasteiger partial charge in [0.05, 0.1) is 12.0 Å². The molecule has 0 atom stereocenters. The van der Waals surface area contributed by atoms with Gasteiger partial charge in [0.25, 0.3) is 5.91 Å². The van der Waals surface area contributed by atoms with E-state index in [9.17, 15) is 14.4 Å². The smallest absolute Gasteiger partial charge is 0.270 e. The largest absolute Gasteiger partial charge is 0.486 e. The Labute approximate surface area is 157 Å². The monoisotopic (exact) mass is 369 g/mol. The third-order valence-electron chi connectivity index (χ3n) is 5.82. The van der Waals surface area contributed by atoms with Gasteiger partial charge in [-0.25, -0.2) is 5.43 Å². The number of ether oxygens (including phenoxy) is 1. The van der Waals surface area contributed by atoms with Crippen LogP contribution in [0.2, 0.25) is 0 Å². The molecule has 1 spiro atoms. The summed E-state index contributed by atoms with van der Waals surface area (Å²) in [5.41, 5.74) is 5.07. The summed E-state index contributed by atoms with van der Waals surface area (Å²) >= 11 is 0. The van der Waals surface area contributed by atoms with E-state index < -0.39 is 5.60 Å². The van der Waals surface area contributed by atoms with E-state index >= 15 is 0 Å². The highest BCUT2D eigenvalue weighted by Gasteiger charge is 2.44. The highest BCUT2D eigenvalue weighted by atomic mass is 16.5. The lowest BCUT2D eigenvalue weighted by Crippen LogP contribution is -2.53. The number of fused-ring (bicyclic) bond motifs is 1. The molecule has 1 saturated heterocycles. The van der Waals surface area contributed by atoms with Crippen LogP contribution < -0.4 is 10.2 Å². The third kappa shape index (κ3) is 3.22. The normalized spacial score (nSPS) is 21.3. The van der Waals surface area contributed by atoms with Crippen molar-refractivity contribution in [2.45, 2.75) is 51.6 Å². The van der Waals surface area contributed by atoms with Gasteiger partial charge in [0.2, 0.25) is 5.91 Å². The molecule has 0 saturated carbocycles. The Kier molecular flexibility index (Phi) is 4.25. The number of benzene rings is 1. The number of Topliss-reactive ketones (excluding diaryl/α,β-unsaturated/α-hetero) is 1. The number of rotatable bonds is 1. The van der Waals surface area contributed by atoms with Crippen LogP contribution in [0.15, 0.2) is 17.2 Å². The lowest BCUT2D eigenvalue weighted by molar-refractivity contribution is -0.127. The number of carbonyl (C=O) groups excluding carboxylic acids is 3. The fourth-order valence-corrected chi connectivity index (χ4v) is 3.96. The second-order valence-corrected chi connectivity index (χ2v) is 7.70. The van der Waals surface area contributed by atoms with Gasteiger partial charge in [-0.3, -0.25) is 14.4 Å². The Balaban J connectivity index is 1.47. The SMILES string of the molecule is Cc1cc2c(cc1C)C(=O)CC1(CCN(C(=O)C3=NNC(=O)CC3)CC1)O2. The Hall–Kier alpha value is -2.70. The maximum absolute atomic E-state index is 12.7. The van der Waals surface area contributed by atoms with E-state index in [1.54, 1.807) is 4.90 Å². The molecule has 4 rings (SSSR count). The zero-order valence-corrected chi connectivity index (χ0v) is 15.6. The summed E-state index contributed by atoms with van der Waals surface area (Å²) in [6.45, 7) is 5.03. The zero-order chi connectivity index (χ0) is 19.2. The van der Waals surface area contributed by atoms with Gasteiger partial charge in [0, 0.05) is 38.8 Å². The molecule has 1 aromatic rings. The van der Waals surface area contributed by atoms with Crippen LogP contribution in [0.25, 0.3) is 0 Å². The number of piperidine rings is 1. The second-order valence-electron chi connectivity index (χ2n) is 7.70. The number of likely N-dealkylation sites (tertiary alicyclic amines) is 1. The fraction of sp³-hybridized carbons (Fsp3) is 0.500. The molecule has 0 aromatic heterocycles. The molecule has 0 aliphatic carbocycles. The number of nitrogens with one attached hydrogen (secondary N) is 1. The summed E-state index contributed by atoms with van der Waals surface area (Å²) < 4.78 is 6.31. The minimum Gasteiger partial charge on any atom is -0.486 e. The van der Waals surface area contributed by atoms with Gasteiger partial charge in [0.15, 0.2) is 5.78 Å². The van der Waals surface area contributed by atoms with Crippen LogP contribution >= 0.6 is 0 Å². The Morgan fingerprint density at radius 3 is 2.52 bits per heavy atom. The van der Waals surface area contributed by atoms with E-state index in [-0.39, 0.29) is 24.0 Å². The molecule has 0 unspecified atom stereocenters. The molecule has 7 heteroatoms. The van der Waals surface area contributed by atoms with Crippen molar-refractivity contribution >= 4 is 23.3 Å². The summed E-state index contributed by atoms with van der Waals surface area (Å²) in [6, 6.07) is 3.86. The van der Waals surface area contributed by atoms with Crippen molar-refractivity contribution in [3.8, 4) is 5.75 Å². The predicted octanol–water partition coefficient (Wildman–Crippen LogP) is 1.90. The number of hydrogen-bond donors (Lipinski definition) is 1. The molecule has 142 valence electrons. The standard InChI is InChI=1S/C20H23N3O4/c1-12-9-14-16(24)11-20(27-17(14)10-13(12)2)5-7-23(8-6-20)19(26)15-3-4-18(25)22-21-15/h9-10H,3-8,11H2,1-2H3,(H,22,25). The third-order valence-corrected chi connectivity index (χ3v) is 5.82. The molecule has 3 aliphatic rings. The topological polar surface area (TPSA) is 88.1 Å². The van der Waals surface area contributed by atoms with Crippen molar-refractivity contribution in [1.82, 2.24) is 10.3 Å². The minimum absolute atomic E-state index is 0.110. The van der Waals surface area contributed by atoms with E-state index in [1.165, 1.54) is 0 Å². The number of aryl methyl sites for hydroxylation is 2. The number of ketones is 1. The van der Waals surface area contributed by atoms with Crippen LogP contribution in [0.3, 0.4) is 0 Å². The summed E-state index contributed by atoms with van der Waals surface area (Å²) in [5.74, 6) is 0.466. The Bertz CT molecular complexity index is 866. The molecule has 3 aliphatic heterocycles. The average Bonchev–Trinajstić information content (AvgIpc) is 2.64. The van der Waals surface area contributed by atoms with Gasteiger partial charge in [-0.1, -0.05) is 0 Å². The van der Waals surface area contributed by atoms with Gasteiger partial charge in [0.1, 0.15) is 17.1 Å². The first-order valence-electron chi connectivity index (χ1n) is 9.35. The molecular formula is C20H23N3O4. The summed E-state index contributed by atoms with van der Waals surface area (Å²) in [5, 5.41) is 3.89. The second kappa shape index (κ2) is 6.48. The molecule has 7 nitrogen and oxygen atoms in total. The number of hydrogen-bond acceptors (Lipinski definition) is 5. The van der Waals surface area contributed by atoms with Crippen molar-refractivity contribution in [2.24, 2.45) is 5.10 Å². The first kappa shape index (κ1) is 17.7. The molecule has 1 fully saturated rings. The van der Waals surface area contributed by atoms with Crippen molar-refractivity contribution in [1.29, 1.82) is 0 Å². The van der Waals surface area contributed by atoms with Crippen molar-refractivity contribution in [2.75, 3.05) is 13.1 Å². The lowest BCUT2D eigenvalue weighted by atomic mass is 9.81. The molecule has 1 aromatic carbocycles. The highest BCUT2D eigenvalue weighted by molar-refractivity contribution is 6.39. The van der Waals surface area contributed by atoms with Crippen molar-refractivity contribution in [3.63, 3.8) is 0 Å². The molecule has 0 radical (unpaired) electrons. The molecule has 0 bridgehead atoms. The number of hydrazone groups is 1. The Morgan fingerprint density at radius 1 is 1.15 bits per heavy atom. The van der Waals surface area contributed by atoms with Crippen LogP contribution in [0, 0.1) is 13.8 Å². The van der Waals surface area contributed by atoms with E-state index in [2.05, 4.69) is 10.5 Å². The van der Waals surface area contributed by atoms with Crippen LogP contribution in [0.5, 0.6) is 5.75 Å². The van der Waals surface area contributed by atoms with Crippen LogP contribution in [0.4, 0.5) is 0 Å². The van der Waals surface area contributed by atoms with Gasteiger partial charge < -0.3 is 9.64 Å². The van der Waals surface area contributed by atoms with Crippen LogP contribution in [-0.4, -0.2) is 46.9 Å². The number of nitrogens with zero attached hydrogens (tertiary/aromatic N) is 2. The number of carbonyl (C=O) groups is 3. The zero-order valence-electron chi connectivity index (χ0n) is 15.6. The van der Waals surface area contributed by atoms with Crippen molar-refractivity contribution < 1.29 is 19.1 Å². The lowest BCUT2D eigenvalue weighted by Gasteiger charge is -2.44. The van der Waals surface area contributed by atoms with E-state index in [0.29, 0.717) is 55.8 Å². The van der Waals surface area contributed by atoms with E-state index in [0.717, 1.165) is 11.1 Å². The Morgan fingerprint density at radius 2 is 1.85 bits per heavy atom. The molecular weight excluding hydrogens is 346 g/mol. The van der Waals surface area contributed by atoms with Gasteiger partial charge in [-0.15, -0.1) is 0 Å². The average molecular weight is 369 g/mol. The maximum atomic E-state index is 12.7. The van der Waals surface area contributed by atoms with Gasteiger partial charge >= 0.3 is 0 Å². The summed E-state index contributed by atoms with van der Waals surface area (Å²) in [6.07, 6.45) is 2.22. The summed E-state index contributed by atoms with van der Waals surface area (Å²) in [7, 11) is 0. The number of amides is 2. The van der Waals surface area contributed by atoms with Crippen LogP contribution in [-0.2, 0) is 9.59 Å². The van der Waals surface area contributed by atoms with Crippen LogP contribution in [0.1, 0.15) is 53.6 Å². The fourth-order valence-electron chi connectivity index (χ4n) is 3.96.